The van der Waals surface area contributed by atoms with Gasteiger partial charge in [-0.3, -0.25) is 0 Å². The maximum absolute atomic E-state index is 9.13. The highest BCUT2D eigenvalue weighted by Gasteiger charge is 2.38. The third-order valence-electron chi connectivity index (χ3n) is 7.34. The summed E-state index contributed by atoms with van der Waals surface area (Å²) in [5.41, 5.74) is 1.35. The lowest BCUT2D eigenvalue weighted by molar-refractivity contribution is 0.332. The molecule has 0 aliphatic heterocycles. The summed E-state index contributed by atoms with van der Waals surface area (Å²) in [5, 5.41) is -0.0469. The van der Waals surface area contributed by atoms with E-state index in [1.807, 2.05) is 6.07 Å². The number of rotatable bonds is 2. The minimum Gasteiger partial charge on any atom is -0.0622 e. The van der Waals surface area contributed by atoms with Crippen molar-refractivity contribution in [3.05, 3.63) is 106 Å². The van der Waals surface area contributed by atoms with E-state index < -0.39 is 84.0 Å². The van der Waals surface area contributed by atoms with Crippen molar-refractivity contribution in [3.63, 3.8) is 0 Å². The summed E-state index contributed by atoms with van der Waals surface area (Å²) in [6, 6.07) is -2.87. The first-order valence-corrected chi connectivity index (χ1v) is 12.3. The van der Waals surface area contributed by atoms with Crippen LogP contribution in [0.25, 0.3) is 43.8 Å². The van der Waals surface area contributed by atoms with E-state index in [9.17, 15) is 0 Å². The average molecular weight is 533 g/mol. The monoisotopic (exact) mass is 531 g/mol. The van der Waals surface area contributed by atoms with Gasteiger partial charge in [-0.1, -0.05) is 106 Å². The third-order valence-corrected chi connectivity index (χ3v) is 8.14. The van der Waals surface area contributed by atoms with Crippen molar-refractivity contribution >= 4 is 37.5 Å². The Morgan fingerprint density at radius 3 is 1.54 bits per heavy atom. The van der Waals surface area contributed by atoms with E-state index >= 15 is 0 Å². The van der Waals surface area contributed by atoms with Crippen LogP contribution in [0.1, 0.15) is 69.5 Å². The molecule has 174 valence electrons. The molecule has 1 aliphatic carbocycles. The van der Waals surface area contributed by atoms with E-state index in [-0.39, 0.29) is 53.7 Å². The van der Waals surface area contributed by atoms with Crippen molar-refractivity contribution in [3.8, 4) is 22.3 Å². The fraction of sp³-hybridized carbons (Fsp3) is 0.235. The van der Waals surface area contributed by atoms with E-state index in [0.717, 1.165) is 24.0 Å². The average Bonchev–Trinajstić information content (AvgIpc) is 3.04. The van der Waals surface area contributed by atoms with Crippen LogP contribution in [0.15, 0.2) is 95.2 Å². The van der Waals surface area contributed by atoms with Gasteiger partial charge >= 0.3 is 0 Å². The molecule has 0 unspecified atom stereocenters. The van der Waals surface area contributed by atoms with Crippen molar-refractivity contribution in [2.24, 2.45) is 0 Å². The molecule has 0 fully saturated rings. The maximum atomic E-state index is 9.13. The number of hydrogen-bond donors (Lipinski definition) is 0. The second-order valence-corrected chi connectivity index (χ2v) is 11.2. The van der Waals surface area contributed by atoms with Crippen molar-refractivity contribution in [2.75, 3.05) is 0 Å². The van der Waals surface area contributed by atoms with Gasteiger partial charge in [-0.25, -0.2) is 0 Å². The molecule has 6 rings (SSSR count). The van der Waals surface area contributed by atoms with Crippen LogP contribution in [0, 0.1) is 0 Å². The molecule has 0 saturated carbocycles. The predicted octanol–water partition coefficient (Wildman–Crippen LogP) is 10.4. The molecule has 0 aromatic heterocycles. The number of fused-ring (bicyclic) bond motifs is 3. The lowest BCUT2D eigenvalue weighted by Gasteiger charge is -2.42. The van der Waals surface area contributed by atoms with Gasteiger partial charge in [0.15, 0.2) is 0 Å². The summed E-state index contributed by atoms with van der Waals surface area (Å²) < 4.78 is 113. The molecule has 0 spiro atoms. The lowest BCUT2D eigenvalue weighted by atomic mass is 9.62. The summed E-state index contributed by atoms with van der Waals surface area (Å²) in [6.45, 7) is 8.30. The second-order valence-electron chi connectivity index (χ2n) is 10.4. The molecule has 0 saturated heterocycles. The van der Waals surface area contributed by atoms with Gasteiger partial charge in [-0.2, -0.15) is 0 Å². The summed E-state index contributed by atoms with van der Waals surface area (Å²) >= 11 is 3.46. The van der Waals surface area contributed by atoms with Crippen LogP contribution < -0.4 is 0 Å². The summed E-state index contributed by atoms with van der Waals surface area (Å²) in [7, 11) is 0. The highest BCUT2D eigenvalue weighted by atomic mass is 79.9. The van der Waals surface area contributed by atoms with Gasteiger partial charge in [0.05, 0.1) is 17.8 Å². The van der Waals surface area contributed by atoms with Gasteiger partial charge in [-0.15, -0.1) is 0 Å². The Kier molecular flexibility index (Phi) is 2.85. The van der Waals surface area contributed by atoms with E-state index in [4.69, 9.17) is 17.8 Å². The first kappa shape index (κ1) is 12.4. The third kappa shape index (κ3) is 3.55. The van der Waals surface area contributed by atoms with Gasteiger partial charge in [-0.05, 0) is 107 Å². The second kappa shape index (κ2) is 8.07. The van der Waals surface area contributed by atoms with Gasteiger partial charge in [0.2, 0.25) is 0 Å². The Labute approximate surface area is 235 Å². The molecule has 0 bridgehead atoms. The Morgan fingerprint density at radius 2 is 1.03 bits per heavy atom. The van der Waals surface area contributed by atoms with Gasteiger partial charge < -0.3 is 0 Å². The number of benzene rings is 5. The van der Waals surface area contributed by atoms with Crippen molar-refractivity contribution in [2.45, 2.75) is 51.4 Å². The van der Waals surface area contributed by atoms with Crippen LogP contribution in [0.4, 0.5) is 0 Å². The zero-order valence-electron chi connectivity index (χ0n) is 32.9. The maximum Gasteiger partial charge on any atom is 0.0630 e. The molecule has 1 aliphatic rings. The fourth-order valence-corrected chi connectivity index (χ4v) is 5.86. The van der Waals surface area contributed by atoms with Crippen LogP contribution in [-0.2, 0) is 10.8 Å². The number of hydrogen-bond acceptors (Lipinski definition) is 0. The minimum absolute atomic E-state index is 0.00199. The van der Waals surface area contributed by atoms with Gasteiger partial charge in [0.25, 0.3) is 0 Å². The smallest absolute Gasteiger partial charge is 0.0622 e. The van der Waals surface area contributed by atoms with Crippen LogP contribution >= 0.6 is 15.9 Å². The Bertz CT molecular complexity index is 2180. The van der Waals surface area contributed by atoms with E-state index in [1.165, 1.54) is 0 Å². The lowest BCUT2D eigenvalue weighted by Crippen LogP contribution is -2.34. The molecule has 0 radical (unpaired) electrons. The molecule has 5 aromatic carbocycles. The SMILES string of the molecule is [2H]c1c([2H])c([2H])c(-c2cc3c(cc2-c2c4c([2H])c([2H])c([2H])c([2H])c4c(Br)c4c([2H])c([2H])c([2H])c([2H])c24)C(C)(C)CCC3(C)C)c([2H])c1[2H]. The molecule has 35 heavy (non-hydrogen) atoms. The molecule has 0 N–H and O–H groups in total. The summed E-state index contributed by atoms with van der Waals surface area (Å²) in [6.07, 6.45) is 1.60. The highest BCUT2D eigenvalue weighted by molar-refractivity contribution is 9.10. The van der Waals surface area contributed by atoms with Gasteiger partial charge in [0, 0.05) is 4.47 Å². The topological polar surface area (TPSA) is 0 Å². The molecule has 0 amide bonds. The first-order chi connectivity index (χ1) is 22.2. The summed E-state index contributed by atoms with van der Waals surface area (Å²) in [5.74, 6) is 0. The van der Waals surface area contributed by atoms with Crippen molar-refractivity contribution in [1.29, 1.82) is 0 Å². The minimum atomic E-state index is -0.572. The zero-order chi connectivity index (χ0) is 35.7. The van der Waals surface area contributed by atoms with Crippen molar-refractivity contribution in [1.82, 2.24) is 0 Å². The van der Waals surface area contributed by atoms with E-state index in [1.54, 1.807) is 6.07 Å². The molecule has 0 heterocycles. The molecule has 1 heteroatoms. The summed E-state index contributed by atoms with van der Waals surface area (Å²) in [4.78, 5) is 0. The molecular formula is C34H31Br. The van der Waals surface area contributed by atoms with Gasteiger partial charge in [0.1, 0.15) is 0 Å². The predicted molar refractivity (Wildman–Crippen MR) is 155 cm³/mol. The van der Waals surface area contributed by atoms with Crippen LogP contribution in [0.3, 0.4) is 0 Å². The normalized spacial score (nSPS) is 21.6. The molecule has 0 nitrogen and oxygen atoms in total. The largest absolute Gasteiger partial charge is 0.0630 e. The Balaban J connectivity index is 2.03. The Morgan fingerprint density at radius 1 is 0.600 bits per heavy atom. The zero-order valence-corrected chi connectivity index (χ0v) is 21.5. The van der Waals surface area contributed by atoms with Crippen molar-refractivity contribution < 1.29 is 17.8 Å². The quantitative estimate of drug-likeness (QED) is 0.198. The number of halogens is 1. The van der Waals surface area contributed by atoms with E-state index in [2.05, 4.69) is 43.6 Å². The van der Waals surface area contributed by atoms with Crippen LogP contribution in [0.2, 0.25) is 0 Å². The van der Waals surface area contributed by atoms with Crippen LogP contribution in [-0.4, -0.2) is 0 Å². The molecular weight excluding hydrogens is 488 g/mol. The Hall–Kier alpha value is -2.90. The molecule has 5 aromatic rings. The first-order valence-electron chi connectivity index (χ1n) is 18.1. The van der Waals surface area contributed by atoms with E-state index in [0.29, 0.717) is 0 Å². The fourth-order valence-electron chi connectivity index (χ4n) is 5.26. The standard InChI is InChI=1S/C34H31Br/c1-33(2)18-19-34(3,4)30-21-28(27(20-29(30)33)22-12-6-5-7-13-22)31-23-14-8-10-16-25(23)32(35)26-17-11-9-15-24(26)31/h5-17,20-21H,18-19H2,1-4H3/i5D,6D,7D,8D,9D,10D,11D,12D,13D,14D,15D,16D,17D. The highest BCUT2D eigenvalue weighted by Crippen LogP contribution is 2.51. The molecule has 0 atom stereocenters. The van der Waals surface area contributed by atoms with Crippen LogP contribution in [0.5, 0.6) is 0 Å².